The number of hydrogen-bond donors (Lipinski definition) is 2. The molecule has 2 N–H and O–H groups in total. The fourth-order valence-corrected chi connectivity index (χ4v) is 2.63. The highest BCUT2D eigenvalue weighted by molar-refractivity contribution is 5.78. The van der Waals surface area contributed by atoms with Crippen molar-refractivity contribution in [2.24, 2.45) is 11.3 Å². The van der Waals surface area contributed by atoms with Crippen LogP contribution in [-0.2, 0) is 9.59 Å². The lowest BCUT2D eigenvalue weighted by Gasteiger charge is -2.35. The van der Waals surface area contributed by atoms with Gasteiger partial charge in [0.05, 0.1) is 5.41 Å². The fourth-order valence-electron chi connectivity index (χ4n) is 2.63. The molecule has 1 saturated carbocycles. The van der Waals surface area contributed by atoms with Crippen molar-refractivity contribution >= 4 is 11.9 Å². The van der Waals surface area contributed by atoms with Crippen molar-refractivity contribution in [1.29, 1.82) is 0 Å². The second-order valence-corrected chi connectivity index (χ2v) is 6.61. The quantitative estimate of drug-likeness (QED) is 0.846. The molecule has 0 radical (unpaired) electrons. The molecule has 2 rings (SSSR count). The van der Waals surface area contributed by atoms with E-state index in [2.05, 4.69) is 17.4 Å². The number of nitrogens with one attached hydrogen (secondary N) is 1. The number of carbonyl (C=O) groups excluding carboxylic acids is 1. The normalized spacial score (nSPS) is 21.4. The summed E-state index contributed by atoms with van der Waals surface area (Å²) in [5.41, 5.74) is 0.433. The van der Waals surface area contributed by atoms with Gasteiger partial charge in [0.1, 0.15) is 0 Å². The monoisotopic (exact) mass is 289 g/mol. The highest BCUT2D eigenvalue weighted by Gasteiger charge is 2.32. The largest absolute Gasteiger partial charge is 0.481 e. The summed E-state index contributed by atoms with van der Waals surface area (Å²) < 4.78 is 0. The molecule has 114 valence electrons. The molecule has 0 atom stereocenters. The van der Waals surface area contributed by atoms with E-state index in [4.69, 9.17) is 5.11 Å². The lowest BCUT2D eigenvalue weighted by molar-refractivity contribution is -0.146. The summed E-state index contributed by atoms with van der Waals surface area (Å²) in [6.45, 7) is 3.41. The van der Waals surface area contributed by atoms with Crippen LogP contribution in [0.25, 0.3) is 0 Å². The summed E-state index contributed by atoms with van der Waals surface area (Å²) in [5, 5.41) is 11.7. The van der Waals surface area contributed by atoms with Crippen LogP contribution in [-0.4, -0.2) is 23.5 Å². The Morgan fingerprint density at radius 3 is 2.43 bits per heavy atom. The van der Waals surface area contributed by atoms with E-state index >= 15 is 0 Å². The van der Waals surface area contributed by atoms with E-state index in [1.54, 1.807) is 13.8 Å². The smallest absolute Gasteiger partial charge is 0.310 e. The summed E-state index contributed by atoms with van der Waals surface area (Å²) in [6.07, 6.45) is 2.58. The molecular formula is C17H23NO3. The van der Waals surface area contributed by atoms with Crippen LogP contribution >= 0.6 is 0 Å². The molecule has 21 heavy (non-hydrogen) atoms. The van der Waals surface area contributed by atoms with Crippen molar-refractivity contribution in [1.82, 2.24) is 5.32 Å². The predicted molar refractivity (Wildman–Crippen MR) is 81.0 cm³/mol. The Morgan fingerprint density at radius 1 is 1.24 bits per heavy atom. The van der Waals surface area contributed by atoms with Gasteiger partial charge in [0.25, 0.3) is 0 Å². The zero-order valence-electron chi connectivity index (χ0n) is 12.6. The zero-order chi connectivity index (χ0) is 15.5. The minimum Gasteiger partial charge on any atom is -0.481 e. The Balaban J connectivity index is 1.70. The van der Waals surface area contributed by atoms with Gasteiger partial charge < -0.3 is 10.4 Å². The van der Waals surface area contributed by atoms with Gasteiger partial charge in [0.15, 0.2) is 0 Å². The van der Waals surface area contributed by atoms with E-state index in [-0.39, 0.29) is 12.5 Å². The SMILES string of the molecule is CC(C)(CNC(=O)CC1CC(c2ccccc2)C1)C(=O)O. The van der Waals surface area contributed by atoms with E-state index < -0.39 is 11.4 Å². The first-order valence-corrected chi connectivity index (χ1v) is 7.43. The molecule has 1 amide bonds. The number of carbonyl (C=O) groups is 2. The third-order valence-electron chi connectivity index (χ3n) is 4.29. The van der Waals surface area contributed by atoms with Crippen LogP contribution in [0.15, 0.2) is 30.3 Å². The number of aliphatic carboxylic acids is 1. The van der Waals surface area contributed by atoms with Crippen LogP contribution in [0.2, 0.25) is 0 Å². The lowest BCUT2D eigenvalue weighted by Crippen LogP contribution is -2.40. The molecule has 0 saturated heterocycles. The second kappa shape index (κ2) is 6.29. The van der Waals surface area contributed by atoms with Crippen molar-refractivity contribution in [2.45, 2.75) is 39.0 Å². The van der Waals surface area contributed by atoms with Gasteiger partial charge >= 0.3 is 5.97 Å². The molecule has 0 aromatic heterocycles. The summed E-state index contributed by atoms with van der Waals surface area (Å²) in [7, 11) is 0. The number of hydrogen-bond acceptors (Lipinski definition) is 2. The minimum absolute atomic E-state index is 0.0409. The Labute approximate surface area is 125 Å². The predicted octanol–water partition coefficient (Wildman–Crippen LogP) is 2.80. The van der Waals surface area contributed by atoms with Gasteiger partial charge in [-0.3, -0.25) is 9.59 Å². The van der Waals surface area contributed by atoms with E-state index in [0.29, 0.717) is 18.3 Å². The first-order chi connectivity index (χ1) is 9.88. The highest BCUT2D eigenvalue weighted by atomic mass is 16.4. The van der Waals surface area contributed by atoms with Crippen LogP contribution in [0, 0.1) is 11.3 Å². The van der Waals surface area contributed by atoms with Gasteiger partial charge in [-0.25, -0.2) is 0 Å². The Bertz CT molecular complexity index is 504. The van der Waals surface area contributed by atoms with Crippen molar-refractivity contribution in [3.8, 4) is 0 Å². The van der Waals surface area contributed by atoms with Gasteiger partial charge in [0.2, 0.25) is 5.91 Å². The number of benzene rings is 1. The highest BCUT2D eigenvalue weighted by Crippen LogP contribution is 2.43. The van der Waals surface area contributed by atoms with Crippen molar-refractivity contribution in [3.63, 3.8) is 0 Å². The third kappa shape index (κ3) is 4.06. The second-order valence-electron chi connectivity index (χ2n) is 6.61. The minimum atomic E-state index is -0.915. The number of carboxylic acid groups (broad SMARTS) is 1. The van der Waals surface area contributed by atoms with Crippen molar-refractivity contribution < 1.29 is 14.7 Å². The Morgan fingerprint density at radius 2 is 1.86 bits per heavy atom. The number of carboxylic acids is 1. The van der Waals surface area contributed by atoms with Crippen molar-refractivity contribution in [2.75, 3.05) is 6.54 Å². The number of amides is 1. The average Bonchev–Trinajstić information content (AvgIpc) is 2.41. The molecule has 0 unspecified atom stereocenters. The summed E-state index contributed by atoms with van der Waals surface area (Å²) >= 11 is 0. The Kier molecular flexibility index (Phi) is 4.66. The van der Waals surface area contributed by atoms with E-state index in [1.165, 1.54) is 5.56 Å². The van der Waals surface area contributed by atoms with E-state index in [1.807, 2.05) is 18.2 Å². The van der Waals surface area contributed by atoms with Crippen LogP contribution in [0.5, 0.6) is 0 Å². The van der Waals surface area contributed by atoms with Crippen LogP contribution in [0.1, 0.15) is 44.6 Å². The molecule has 4 heteroatoms. The lowest BCUT2D eigenvalue weighted by atomic mass is 9.70. The van der Waals surface area contributed by atoms with E-state index in [0.717, 1.165) is 12.8 Å². The van der Waals surface area contributed by atoms with Crippen LogP contribution in [0.4, 0.5) is 0 Å². The molecule has 1 aliphatic rings. The molecule has 0 heterocycles. The molecule has 0 bridgehead atoms. The zero-order valence-corrected chi connectivity index (χ0v) is 12.6. The first-order valence-electron chi connectivity index (χ1n) is 7.43. The summed E-state index contributed by atoms with van der Waals surface area (Å²) in [5.74, 6) is 0.0547. The Hall–Kier alpha value is -1.84. The van der Waals surface area contributed by atoms with Gasteiger partial charge in [-0.05, 0) is 44.1 Å². The van der Waals surface area contributed by atoms with Crippen LogP contribution in [0.3, 0.4) is 0 Å². The molecule has 0 spiro atoms. The average molecular weight is 289 g/mol. The fraction of sp³-hybridized carbons (Fsp3) is 0.529. The third-order valence-corrected chi connectivity index (χ3v) is 4.29. The van der Waals surface area contributed by atoms with Crippen molar-refractivity contribution in [3.05, 3.63) is 35.9 Å². The molecule has 1 aromatic rings. The molecule has 0 aliphatic heterocycles. The van der Waals surface area contributed by atoms with E-state index in [9.17, 15) is 9.59 Å². The first kappa shape index (κ1) is 15.5. The van der Waals surface area contributed by atoms with Gasteiger partial charge in [-0.15, -0.1) is 0 Å². The molecule has 1 fully saturated rings. The van der Waals surface area contributed by atoms with Crippen LogP contribution < -0.4 is 5.32 Å². The maximum atomic E-state index is 11.9. The standard InChI is InChI=1S/C17H23NO3/c1-17(2,16(20)21)11-18-15(19)10-12-8-14(9-12)13-6-4-3-5-7-13/h3-7,12,14H,8-11H2,1-2H3,(H,18,19)(H,20,21). The molecule has 1 aliphatic carbocycles. The molecular weight excluding hydrogens is 266 g/mol. The van der Waals surface area contributed by atoms with Gasteiger partial charge in [0, 0.05) is 13.0 Å². The molecule has 4 nitrogen and oxygen atoms in total. The summed E-state index contributed by atoms with van der Waals surface area (Å²) in [6, 6.07) is 10.4. The van der Waals surface area contributed by atoms with Gasteiger partial charge in [-0.2, -0.15) is 0 Å². The maximum absolute atomic E-state index is 11.9. The summed E-state index contributed by atoms with van der Waals surface area (Å²) in [4.78, 5) is 22.8. The number of rotatable bonds is 6. The topological polar surface area (TPSA) is 66.4 Å². The molecule has 1 aromatic carbocycles. The van der Waals surface area contributed by atoms with Gasteiger partial charge in [-0.1, -0.05) is 30.3 Å². The maximum Gasteiger partial charge on any atom is 0.310 e.